The van der Waals surface area contributed by atoms with Gasteiger partial charge >= 0.3 is 0 Å². The minimum absolute atomic E-state index is 0.0863. The van der Waals surface area contributed by atoms with Crippen molar-refractivity contribution in [3.8, 4) is 0 Å². The average molecular weight is 401 g/mol. The minimum atomic E-state index is -0.174. The second-order valence-electron chi connectivity index (χ2n) is 4.74. The fourth-order valence-electron chi connectivity index (χ4n) is 2.28. The highest BCUT2D eigenvalue weighted by molar-refractivity contribution is 9.10. The second kappa shape index (κ2) is 6.83. The summed E-state index contributed by atoms with van der Waals surface area (Å²) in [6, 6.07) is 11.4. The molecule has 106 valence electrons. The molecule has 0 saturated heterocycles. The Hall–Kier alpha value is -0.710. The van der Waals surface area contributed by atoms with E-state index in [0.717, 1.165) is 8.95 Å². The van der Waals surface area contributed by atoms with Gasteiger partial charge in [0.15, 0.2) is 0 Å². The maximum atomic E-state index is 14.0. The third-order valence-corrected chi connectivity index (χ3v) is 4.82. The van der Waals surface area contributed by atoms with E-state index in [1.54, 1.807) is 0 Å². The molecular formula is C16H16Br2FN. The van der Waals surface area contributed by atoms with E-state index in [1.165, 1.54) is 17.2 Å². The molecule has 1 N–H and O–H groups in total. The molecule has 0 aliphatic heterocycles. The Morgan fingerprint density at radius 1 is 1.20 bits per heavy atom. The van der Waals surface area contributed by atoms with Crippen molar-refractivity contribution in [2.24, 2.45) is 0 Å². The van der Waals surface area contributed by atoms with Gasteiger partial charge in [-0.3, -0.25) is 0 Å². The molecule has 0 aliphatic carbocycles. The molecule has 0 saturated carbocycles. The van der Waals surface area contributed by atoms with Gasteiger partial charge in [-0.2, -0.15) is 0 Å². The topological polar surface area (TPSA) is 12.0 Å². The number of benzene rings is 2. The fraction of sp³-hybridized carbons (Fsp3) is 0.250. The van der Waals surface area contributed by atoms with Crippen molar-refractivity contribution in [1.29, 1.82) is 0 Å². The summed E-state index contributed by atoms with van der Waals surface area (Å²) in [5.41, 5.74) is 3.08. The van der Waals surface area contributed by atoms with Gasteiger partial charge in [-0.05, 0) is 55.3 Å². The van der Waals surface area contributed by atoms with Crippen LogP contribution in [0.2, 0.25) is 0 Å². The molecule has 0 bridgehead atoms. The van der Waals surface area contributed by atoms with Crippen molar-refractivity contribution in [2.45, 2.75) is 19.4 Å². The van der Waals surface area contributed by atoms with Gasteiger partial charge in [-0.15, -0.1) is 0 Å². The van der Waals surface area contributed by atoms with Crippen molar-refractivity contribution in [3.05, 3.63) is 67.9 Å². The lowest BCUT2D eigenvalue weighted by Gasteiger charge is -2.20. The van der Waals surface area contributed by atoms with E-state index < -0.39 is 0 Å². The van der Waals surface area contributed by atoms with Crippen LogP contribution in [-0.4, -0.2) is 7.05 Å². The van der Waals surface area contributed by atoms with Gasteiger partial charge in [0.25, 0.3) is 0 Å². The summed E-state index contributed by atoms with van der Waals surface area (Å²) in [5.74, 6) is -0.174. The maximum absolute atomic E-state index is 14.0. The first-order valence-electron chi connectivity index (χ1n) is 6.39. The highest BCUT2D eigenvalue weighted by Gasteiger charge is 2.15. The van der Waals surface area contributed by atoms with Gasteiger partial charge in [0.1, 0.15) is 5.82 Å². The summed E-state index contributed by atoms with van der Waals surface area (Å²) in [6.07, 6.45) is 0.618. The number of nitrogens with one attached hydrogen (secondary N) is 1. The average Bonchev–Trinajstić information content (AvgIpc) is 2.42. The quantitative estimate of drug-likeness (QED) is 0.747. The van der Waals surface area contributed by atoms with Gasteiger partial charge < -0.3 is 5.32 Å². The van der Waals surface area contributed by atoms with Crippen LogP contribution in [0.4, 0.5) is 4.39 Å². The molecule has 0 fully saturated rings. The van der Waals surface area contributed by atoms with E-state index >= 15 is 0 Å². The zero-order valence-electron chi connectivity index (χ0n) is 11.4. The Morgan fingerprint density at radius 3 is 2.60 bits per heavy atom. The summed E-state index contributed by atoms with van der Waals surface area (Å²) in [5, 5.41) is 3.28. The molecule has 2 aromatic carbocycles. The molecule has 2 rings (SSSR count). The molecular weight excluding hydrogens is 385 g/mol. The van der Waals surface area contributed by atoms with Gasteiger partial charge in [0.2, 0.25) is 0 Å². The smallest absolute Gasteiger partial charge is 0.127 e. The lowest BCUT2D eigenvalue weighted by molar-refractivity contribution is 0.552. The molecule has 20 heavy (non-hydrogen) atoms. The number of halogens is 3. The van der Waals surface area contributed by atoms with Crippen LogP contribution in [-0.2, 0) is 6.42 Å². The van der Waals surface area contributed by atoms with E-state index in [2.05, 4.69) is 50.2 Å². The van der Waals surface area contributed by atoms with Gasteiger partial charge in [0, 0.05) is 15.0 Å². The lowest BCUT2D eigenvalue weighted by Crippen LogP contribution is -2.20. The Balaban J connectivity index is 2.31. The fourth-order valence-corrected chi connectivity index (χ4v) is 2.99. The standard InChI is InChI=1S/C16H16Br2FN/c1-10-13(4-3-5-14(10)18)16(20-2)8-11-6-7-12(17)9-15(11)19/h3-7,9,16,20H,8H2,1-2H3. The van der Waals surface area contributed by atoms with Crippen LogP contribution >= 0.6 is 31.9 Å². The van der Waals surface area contributed by atoms with Crippen LogP contribution in [0.5, 0.6) is 0 Å². The normalized spacial score (nSPS) is 12.4. The number of hydrogen-bond acceptors (Lipinski definition) is 1. The summed E-state index contributed by atoms with van der Waals surface area (Å²) in [7, 11) is 1.90. The first-order valence-corrected chi connectivity index (χ1v) is 7.97. The van der Waals surface area contributed by atoms with Crippen LogP contribution in [0.25, 0.3) is 0 Å². The van der Waals surface area contributed by atoms with Gasteiger partial charge in [-0.25, -0.2) is 4.39 Å². The van der Waals surface area contributed by atoms with E-state index in [0.29, 0.717) is 12.0 Å². The van der Waals surface area contributed by atoms with Crippen LogP contribution in [0.1, 0.15) is 22.7 Å². The number of rotatable bonds is 4. The zero-order valence-corrected chi connectivity index (χ0v) is 14.6. The number of hydrogen-bond donors (Lipinski definition) is 1. The first kappa shape index (κ1) is 15.7. The van der Waals surface area contributed by atoms with Crippen LogP contribution in [0.3, 0.4) is 0 Å². The second-order valence-corrected chi connectivity index (χ2v) is 6.51. The zero-order chi connectivity index (χ0) is 14.7. The van der Waals surface area contributed by atoms with Crippen molar-refractivity contribution in [2.75, 3.05) is 7.05 Å². The first-order chi connectivity index (χ1) is 9.52. The maximum Gasteiger partial charge on any atom is 0.127 e. The highest BCUT2D eigenvalue weighted by Crippen LogP contribution is 2.28. The Morgan fingerprint density at radius 2 is 1.95 bits per heavy atom. The highest BCUT2D eigenvalue weighted by atomic mass is 79.9. The molecule has 0 aromatic heterocycles. The van der Waals surface area contributed by atoms with E-state index in [-0.39, 0.29) is 11.9 Å². The Labute approximate surface area is 135 Å². The molecule has 1 unspecified atom stereocenters. The molecule has 0 aliphatic rings. The SMILES string of the molecule is CNC(Cc1ccc(Br)cc1F)c1cccc(Br)c1C. The predicted octanol–water partition coefficient (Wildman–Crippen LogP) is 5.16. The largest absolute Gasteiger partial charge is 0.313 e. The van der Waals surface area contributed by atoms with E-state index in [4.69, 9.17) is 0 Å². The van der Waals surface area contributed by atoms with E-state index in [9.17, 15) is 4.39 Å². The van der Waals surface area contributed by atoms with Crippen LogP contribution < -0.4 is 5.32 Å². The summed E-state index contributed by atoms with van der Waals surface area (Å²) >= 11 is 6.83. The van der Waals surface area contributed by atoms with Gasteiger partial charge in [-0.1, -0.05) is 50.1 Å². The van der Waals surface area contributed by atoms with Crippen molar-refractivity contribution >= 4 is 31.9 Å². The molecule has 1 nitrogen and oxygen atoms in total. The molecule has 1 atom stereocenters. The van der Waals surface area contributed by atoms with Gasteiger partial charge in [0.05, 0.1) is 0 Å². The Bertz CT molecular complexity index is 613. The van der Waals surface area contributed by atoms with E-state index in [1.807, 2.05) is 31.3 Å². The molecule has 0 radical (unpaired) electrons. The molecule has 2 aromatic rings. The molecule has 0 heterocycles. The minimum Gasteiger partial charge on any atom is -0.313 e. The molecule has 0 amide bonds. The predicted molar refractivity (Wildman–Crippen MR) is 88.5 cm³/mol. The van der Waals surface area contributed by atoms with Crippen molar-refractivity contribution in [3.63, 3.8) is 0 Å². The monoisotopic (exact) mass is 399 g/mol. The summed E-state index contributed by atoms with van der Waals surface area (Å²) < 4.78 is 15.8. The summed E-state index contributed by atoms with van der Waals surface area (Å²) in [4.78, 5) is 0. The lowest BCUT2D eigenvalue weighted by atomic mass is 9.95. The third kappa shape index (κ3) is 3.48. The summed E-state index contributed by atoms with van der Waals surface area (Å²) in [6.45, 7) is 2.07. The number of likely N-dealkylation sites (N-methyl/N-ethyl adjacent to an activating group) is 1. The van der Waals surface area contributed by atoms with Crippen LogP contribution in [0.15, 0.2) is 45.3 Å². The van der Waals surface area contributed by atoms with Crippen molar-refractivity contribution in [1.82, 2.24) is 5.32 Å². The van der Waals surface area contributed by atoms with Crippen molar-refractivity contribution < 1.29 is 4.39 Å². The molecule has 0 spiro atoms. The molecule has 4 heteroatoms. The van der Waals surface area contributed by atoms with Crippen LogP contribution in [0, 0.1) is 12.7 Å². The Kier molecular flexibility index (Phi) is 5.35. The third-order valence-electron chi connectivity index (χ3n) is 3.47.